The van der Waals surface area contributed by atoms with E-state index >= 15 is 4.39 Å². The van der Waals surface area contributed by atoms with Gasteiger partial charge in [-0.2, -0.15) is 9.78 Å². The van der Waals surface area contributed by atoms with Gasteiger partial charge in [-0.15, -0.1) is 0 Å². The van der Waals surface area contributed by atoms with Gasteiger partial charge in [-0.3, -0.25) is 9.59 Å². The average molecular weight is 639 g/mol. The average Bonchev–Trinajstić information content (AvgIpc) is 3.02. The molecule has 10 nitrogen and oxygen atoms in total. The van der Waals surface area contributed by atoms with Gasteiger partial charge < -0.3 is 25.0 Å². The van der Waals surface area contributed by atoms with Crippen LogP contribution < -0.4 is 21.3 Å². The molecule has 1 aliphatic rings. The third-order valence-corrected chi connectivity index (χ3v) is 8.95. The minimum atomic E-state index is -0.651. The number of aliphatic hydroxyl groups is 2. The number of nitrogens with zero attached hydrogens (tertiary/aromatic N) is 5. The van der Waals surface area contributed by atoms with Gasteiger partial charge in [-0.1, -0.05) is 32.9 Å². The molecule has 3 aromatic heterocycles. The number of aromatic nitrogens is 4. The summed E-state index contributed by atoms with van der Waals surface area (Å²) in [5.41, 5.74) is 1.94. The van der Waals surface area contributed by atoms with Crippen LogP contribution in [0.2, 0.25) is 0 Å². The SMILES string of the molecule is Cn1cc(-c2cccc(-n3ncc4cc(C(C)(C)C)cc(F)c4c3=O)c2CO)cc(Nc2ccc(N3CCC(C)(O)CC3)cn2)c1=O. The van der Waals surface area contributed by atoms with Crippen molar-refractivity contribution in [3.63, 3.8) is 0 Å². The molecule has 0 spiro atoms. The van der Waals surface area contributed by atoms with Crippen molar-refractivity contribution in [1.82, 2.24) is 19.3 Å². The molecule has 0 aliphatic carbocycles. The highest BCUT2D eigenvalue weighted by molar-refractivity contribution is 5.83. The van der Waals surface area contributed by atoms with Crippen molar-refractivity contribution in [2.75, 3.05) is 23.3 Å². The van der Waals surface area contributed by atoms with Gasteiger partial charge in [0.05, 0.1) is 41.4 Å². The number of anilines is 3. The van der Waals surface area contributed by atoms with Crippen LogP contribution in [0.25, 0.3) is 27.6 Å². The van der Waals surface area contributed by atoms with Crippen LogP contribution in [0, 0.1) is 5.82 Å². The van der Waals surface area contributed by atoms with E-state index in [-0.39, 0.29) is 22.0 Å². The maximum Gasteiger partial charge on any atom is 0.282 e. The molecule has 11 heteroatoms. The fourth-order valence-electron chi connectivity index (χ4n) is 6.03. The highest BCUT2D eigenvalue weighted by Gasteiger charge is 2.27. The van der Waals surface area contributed by atoms with E-state index in [1.54, 1.807) is 55.8 Å². The minimum Gasteiger partial charge on any atom is -0.392 e. The summed E-state index contributed by atoms with van der Waals surface area (Å²) in [7, 11) is 1.63. The van der Waals surface area contributed by atoms with E-state index < -0.39 is 23.6 Å². The molecule has 244 valence electrons. The number of pyridine rings is 2. The lowest BCUT2D eigenvalue weighted by Gasteiger charge is -2.37. The Labute approximate surface area is 271 Å². The van der Waals surface area contributed by atoms with E-state index in [0.29, 0.717) is 46.4 Å². The van der Waals surface area contributed by atoms with Crippen molar-refractivity contribution >= 4 is 28.0 Å². The van der Waals surface area contributed by atoms with Crippen LogP contribution in [-0.2, 0) is 19.1 Å². The van der Waals surface area contributed by atoms with Crippen LogP contribution in [0.1, 0.15) is 51.7 Å². The largest absolute Gasteiger partial charge is 0.392 e. The number of rotatable bonds is 6. The highest BCUT2D eigenvalue weighted by Crippen LogP contribution is 2.31. The fraction of sp³-hybridized carbons (Fsp3) is 0.333. The zero-order valence-corrected chi connectivity index (χ0v) is 27.2. The summed E-state index contributed by atoms with van der Waals surface area (Å²) in [5.74, 6) is -0.151. The number of benzene rings is 2. The smallest absolute Gasteiger partial charge is 0.282 e. The number of hydrogen-bond donors (Lipinski definition) is 3. The summed E-state index contributed by atoms with van der Waals surface area (Å²) in [5, 5.41) is 28.7. The lowest BCUT2D eigenvalue weighted by Crippen LogP contribution is -2.42. The molecule has 3 N–H and O–H groups in total. The Morgan fingerprint density at radius 1 is 1.02 bits per heavy atom. The molecular weight excluding hydrogens is 599 g/mol. The molecule has 5 aromatic rings. The summed E-state index contributed by atoms with van der Waals surface area (Å²) >= 11 is 0. The molecule has 2 aromatic carbocycles. The molecule has 47 heavy (non-hydrogen) atoms. The number of fused-ring (bicyclic) bond motifs is 1. The van der Waals surface area contributed by atoms with Gasteiger partial charge in [-0.05, 0) is 72.7 Å². The van der Waals surface area contributed by atoms with Gasteiger partial charge in [0.25, 0.3) is 11.1 Å². The van der Waals surface area contributed by atoms with Crippen molar-refractivity contribution in [2.45, 2.75) is 58.2 Å². The number of hydrogen-bond acceptors (Lipinski definition) is 8. The summed E-state index contributed by atoms with van der Waals surface area (Å²) in [6.45, 7) is 8.78. The summed E-state index contributed by atoms with van der Waals surface area (Å²) in [4.78, 5) is 33.5. The van der Waals surface area contributed by atoms with Gasteiger partial charge in [0.1, 0.15) is 17.3 Å². The summed E-state index contributed by atoms with van der Waals surface area (Å²) in [6, 6.07) is 13.7. The Hall–Kier alpha value is -4.87. The van der Waals surface area contributed by atoms with Gasteiger partial charge in [0.15, 0.2) is 0 Å². The third kappa shape index (κ3) is 6.28. The Morgan fingerprint density at radius 3 is 2.43 bits per heavy atom. The van der Waals surface area contributed by atoms with Gasteiger partial charge >= 0.3 is 0 Å². The lowest BCUT2D eigenvalue weighted by atomic mass is 9.86. The second-order valence-electron chi connectivity index (χ2n) is 13.6. The van der Waals surface area contributed by atoms with Crippen LogP contribution in [-0.4, -0.2) is 48.2 Å². The van der Waals surface area contributed by atoms with E-state index in [2.05, 4.69) is 20.3 Å². The van der Waals surface area contributed by atoms with Crippen LogP contribution >= 0.6 is 0 Å². The van der Waals surface area contributed by atoms with Gasteiger partial charge in [0, 0.05) is 42.8 Å². The number of nitrogens with one attached hydrogen (secondary N) is 1. The Bertz CT molecular complexity index is 2090. The zero-order chi connectivity index (χ0) is 33.7. The Morgan fingerprint density at radius 2 is 1.77 bits per heavy atom. The fourth-order valence-corrected chi connectivity index (χ4v) is 6.03. The predicted octanol–water partition coefficient (Wildman–Crippen LogP) is 5.17. The second kappa shape index (κ2) is 12.1. The van der Waals surface area contributed by atoms with Crippen molar-refractivity contribution in [2.24, 2.45) is 7.05 Å². The number of aryl methyl sites for hydroxylation is 1. The first kappa shape index (κ1) is 32.1. The molecule has 0 atom stereocenters. The van der Waals surface area contributed by atoms with Gasteiger partial charge in [0.2, 0.25) is 0 Å². The first-order valence-corrected chi connectivity index (χ1v) is 15.6. The van der Waals surface area contributed by atoms with Crippen LogP contribution in [0.3, 0.4) is 0 Å². The Balaban J connectivity index is 1.35. The Kier molecular flexibility index (Phi) is 8.23. The maximum atomic E-state index is 15.4. The standard InChI is InChI=1S/C36H39FN6O4/c1-35(2,3)24-15-22-18-39-43(34(46)32(22)28(37)17-24)30-8-6-7-26(27(30)21-44)23-16-29(33(45)41(5)20-23)40-31-10-9-25(19-38-31)42-13-11-36(4,47)12-14-42/h6-10,15-20,44,47H,11-14,21H2,1-5H3,(H,38,40). The summed E-state index contributed by atoms with van der Waals surface area (Å²) in [6.07, 6.45) is 6.20. The molecule has 0 unspecified atom stereocenters. The molecule has 1 aliphatic heterocycles. The number of aliphatic hydroxyl groups excluding tert-OH is 1. The van der Waals surface area contributed by atoms with E-state index in [1.807, 2.05) is 33.8 Å². The van der Waals surface area contributed by atoms with Crippen LogP contribution in [0.15, 0.2) is 76.7 Å². The lowest BCUT2D eigenvalue weighted by molar-refractivity contribution is 0.0351. The van der Waals surface area contributed by atoms with E-state index in [1.165, 1.54) is 16.8 Å². The quantitative estimate of drug-likeness (QED) is 0.233. The first-order valence-electron chi connectivity index (χ1n) is 15.6. The molecule has 0 saturated carbocycles. The van der Waals surface area contributed by atoms with Crippen LogP contribution in [0.4, 0.5) is 21.6 Å². The predicted molar refractivity (Wildman–Crippen MR) is 182 cm³/mol. The van der Waals surface area contributed by atoms with Crippen molar-refractivity contribution < 1.29 is 14.6 Å². The third-order valence-electron chi connectivity index (χ3n) is 8.95. The topological polar surface area (TPSA) is 126 Å². The molecule has 0 amide bonds. The van der Waals surface area contributed by atoms with Crippen molar-refractivity contribution in [3.05, 3.63) is 105 Å². The molecular formula is C36H39FN6O4. The molecule has 1 fully saturated rings. The van der Waals surface area contributed by atoms with E-state index in [4.69, 9.17) is 0 Å². The first-order chi connectivity index (χ1) is 22.3. The molecule has 6 rings (SSSR count). The van der Waals surface area contributed by atoms with E-state index in [9.17, 15) is 19.8 Å². The van der Waals surface area contributed by atoms with Crippen molar-refractivity contribution in [1.29, 1.82) is 0 Å². The molecule has 0 radical (unpaired) electrons. The van der Waals surface area contributed by atoms with E-state index in [0.717, 1.165) is 29.0 Å². The second-order valence-corrected chi connectivity index (χ2v) is 13.6. The molecule has 4 heterocycles. The number of piperidine rings is 1. The monoisotopic (exact) mass is 638 g/mol. The normalized spacial score (nSPS) is 14.9. The van der Waals surface area contributed by atoms with Crippen molar-refractivity contribution in [3.8, 4) is 16.8 Å². The van der Waals surface area contributed by atoms with Crippen LogP contribution in [0.5, 0.6) is 0 Å². The zero-order valence-electron chi connectivity index (χ0n) is 27.2. The maximum absolute atomic E-state index is 15.4. The summed E-state index contributed by atoms with van der Waals surface area (Å²) < 4.78 is 17.9. The molecule has 1 saturated heterocycles. The number of halogens is 1. The minimum absolute atomic E-state index is 0.0819. The molecule has 0 bridgehead atoms. The van der Waals surface area contributed by atoms with Gasteiger partial charge in [-0.25, -0.2) is 9.37 Å². The highest BCUT2D eigenvalue weighted by atomic mass is 19.1.